The molecular formula is C29H28Cl2N2O4S2. The molecule has 6 nitrogen and oxygen atoms in total. The molecule has 0 amide bonds. The van der Waals surface area contributed by atoms with Gasteiger partial charge in [-0.1, -0.05) is 65.7 Å². The number of dihydropyridines is 1. The first-order chi connectivity index (χ1) is 18.7. The lowest BCUT2D eigenvalue weighted by Gasteiger charge is -2.32. The first-order valence-electron chi connectivity index (χ1n) is 12.5. The third kappa shape index (κ3) is 5.67. The highest BCUT2D eigenvalue weighted by molar-refractivity contribution is 7.95. The molecule has 0 aliphatic carbocycles. The molecule has 2 aromatic carbocycles. The van der Waals surface area contributed by atoms with Crippen LogP contribution in [0.25, 0.3) is 5.70 Å². The number of aryl methyl sites for hydroxylation is 1. The summed E-state index contributed by atoms with van der Waals surface area (Å²) in [5.74, 6) is -1.65. The Morgan fingerprint density at radius 1 is 1.13 bits per heavy atom. The molecule has 0 saturated carbocycles. The number of thiophene rings is 1. The number of likely N-dealkylation sites (N-methyl/N-ethyl adjacent to an activating group) is 1. The maximum Gasteiger partial charge on any atom is 0.336 e. The molecule has 3 heterocycles. The zero-order valence-electron chi connectivity index (χ0n) is 21.5. The molecule has 1 aromatic heterocycles. The highest BCUT2D eigenvalue weighted by Gasteiger charge is 2.43. The van der Waals surface area contributed by atoms with Gasteiger partial charge < -0.3 is 10.1 Å². The fraction of sp³-hybridized carbons (Fsp3) is 0.276. The van der Waals surface area contributed by atoms with Crippen molar-refractivity contribution in [2.24, 2.45) is 0 Å². The number of rotatable bonds is 7. The topological polar surface area (TPSA) is 75.7 Å². The van der Waals surface area contributed by atoms with Crippen LogP contribution in [0.5, 0.6) is 0 Å². The molecule has 0 radical (unpaired) electrons. The number of fused-ring (bicyclic) bond motifs is 2. The molecule has 0 saturated heterocycles. The number of sulfone groups is 1. The van der Waals surface area contributed by atoms with Crippen LogP contribution in [0.4, 0.5) is 0 Å². The van der Waals surface area contributed by atoms with Crippen LogP contribution in [-0.2, 0) is 32.3 Å². The third-order valence-electron chi connectivity index (χ3n) is 7.00. The first-order valence-corrected chi connectivity index (χ1v) is 15.8. The van der Waals surface area contributed by atoms with Crippen molar-refractivity contribution in [2.75, 3.05) is 26.0 Å². The van der Waals surface area contributed by atoms with Gasteiger partial charge in [-0.2, -0.15) is 0 Å². The maximum absolute atomic E-state index is 13.9. The number of allylic oxidation sites excluding steroid dienone is 2. The Morgan fingerprint density at radius 2 is 1.92 bits per heavy atom. The van der Waals surface area contributed by atoms with Gasteiger partial charge in [-0.15, -0.1) is 11.3 Å². The summed E-state index contributed by atoms with van der Waals surface area (Å²) < 4.78 is 33.5. The van der Waals surface area contributed by atoms with E-state index in [1.807, 2.05) is 42.8 Å². The van der Waals surface area contributed by atoms with Gasteiger partial charge in [0.2, 0.25) is 0 Å². The summed E-state index contributed by atoms with van der Waals surface area (Å²) in [5, 5.41) is 5.77. The Bertz CT molecular complexity index is 1580. The van der Waals surface area contributed by atoms with Crippen molar-refractivity contribution >= 4 is 56.0 Å². The lowest BCUT2D eigenvalue weighted by atomic mass is 9.84. The Balaban J connectivity index is 1.54. The Morgan fingerprint density at radius 3 is 2.69 bits per heavy atom. The standard InChI is InChI=1S/C29H28Cl2N2O4S2/c1-18-24(29(34)37-14-13-33(2)17-20-8-6-15-38-20)25(22-10-5-11-23(30)26(22)31)28-27(32-18)21-9-4-3-7-19(21)12-16-39(28,35)36/h3-11,15,25,32H,12-14,16-17H2,1-2H3. The summed E-state index contributed by atoms with van der Waals surface area (Å²) in [6.45, 7) is 3.17. The molecule has 1 unspecified atom stereocenters. The van der Waals surface area contributed by atoms with Gasteiger partial charge in [0.05, 0.1) is 37.9 Å². The lowest BCUT2D eigenvalue weighted by molar-refractivity contribution is -0.139. The van der Waals surface area contributed by atoms with Gasteiger partial charge >= 0.3 is 5.97 Å². The van der Waals surface area contributed by atoms with Crippen molar-refractivity contribution in [3.8, 4) is 0 Å². The van der Waals surface area contributed by atoms with Crippen molar-refractivity contribution in [3.63, 3.8) is 0 Å². The van der Waals surface area contributed by atoms with Crippen molar-refractivity contribution in [2.45, 2.75) is 25.8 Å². The molecule has 0 bridgehead atoms. The van der Waals surface area contributed by atoms with Gasteiger partial charge in [0.15, 0.2) is 9.84 Å². The summed E-state index contributed by atoms with van der Waals surface area (Å²) in [7, 11) is -1.84. The van der Waals surface area contributed by atoms with Crippen molar-refractivity contribution in [1.82, 2.24) is 10.2 Å². The number of ether oxygens (including phenoxy) is 1. The molecule has 2 aliphatic heterocycles. The quantitative estimate of drug-likeness (QED) is 0.333. The van der Waals surface area contributed by atoms with Crippen LogP contribution in [0.2, 0.25) is 10.0 Å². The van der Waals surface area contributed by atoms with E-state index >= 15 is 0 Å². The van der Waals surface area contributed by atoms with Crippen LogP contribution >= 0.6 is 34.5 Å². The summed E-state index contributed by atoms with van der Waals surface area (Å²) >= 11 is 14.7. The van der Waals surface area contributed by atoms with E-state index in [0.29, 0.717) is 29.9 Å². The Labute approximate surface area is 242 Å². The number of hydrogen-bond donors (Lipinski definition) is 1. The molecule has 3 aromatic rings. The smallest absolute Gasteiger partial charge is 0.336 e. The van der Waals surface area contributed by atoms with Gasteiger partial charge in [-0.3, -0.25) is 4.90 Å². The van der Waals surface area contributed by atoms with E-state index in [2.05, 4.69) is 16.3 Å². The molecule has 1 atom stereocenters. The molecule has 0 fully saturated rings. The van der Waals surface area contributed by atoms with Crippen LogP contribution in [-0.4, -0.2) is 45.2 Å². The van der Waals surface area contributed by atoms with E-state index in [0.717, 1.165) is 17.7 Å². The minimum Gasteiger partial charge on any atom is -0.461 e. The Hall–Kier alpha value is -2.62. The largest absolute Gasteiger partial charge is 0.461 e. The summed E-state index contributed by atoms with van der Waals surface area (Å²) in [6, 6.07) is 16.7. The van der Waals surface area contributed by atoms with Gasteiger partial charge in [0.25, 0.3) is 0 Å². The van der Waals surface area contributed by atoms with E-state index in [1.165, 1.54) is 4.88 Å². The van der Waals surface area contributed by atoms with E-state index in [4.69, 9.17) is 27.9 Å². The number of carbonyl (C=O) groups excluding carboxylic acids is 1. The first kappa shape index (κ1) is 27.9. The minimum atomic E-state index is -3.80. The van der Waals surface area contributed by atoms with Crippen LogP contribution in [0.3, 0.4) is 0 Å². The number of halogens is 2. The van der Waals surface area contributed by atoms with E-state index in [-0.39, 0.29) is 32.9 Å². The highest BCUT2D eigenvalue weighted by atomic mass is 35.5. The second kappa shape index (κ2) is 11.5. The maximum atomic E-state index is 13.9. The molecule has 1 N–H and O–H groups in total. The number of benzene rings is 2. The molecule has 5 rings (SSSR count). The predicted octanol–water partition coefficient (Wildman–Crippen LogP) is 6.03. The lowest BCUT2D eigenvalue weighted by Crippen LogP contribution is -2.33. The fourth-order valence-corrected chi connectivity index (χ4v) is 8.10. The fourth-order valence-electron chi connectivity index (χ4n) is 5.11. The van der Waals surface area contributed by atoms with Crippen LogP contribution in [0.1, 0.15) is 34.4 Å². The molecule has 0 spiro atoms. The zero-order chi connectivity index (χ0) is 27.7. The average Bonchev–Trinajstić information content (AvgIpc) is 3.37. The second-order valence-corrected chi connectivity index (χ2v) is 13.6. The summed E-state index contributed by atoms with van der Waals surface area (Å²) in [4.78, 5) is 17.1. The van der Waals surface area contributed by atoms with Gasteiger partial charge in [-0.25, -0.2) is 13.2 Å². The predicted molar refractivity (Wildman–Crippen MR) is 158 cm³/mol. The van der Waals surface area contributed by atoms with E-state index in [9.17, 15) is 13.2 Å². The van der Waals surface area contributed by atoms with Gasteiger partial charge in [0, 0.05) is 29.2 Å². The molecule has 10 heteroatoms. The molecular weight excluding hydrogens is 575 g/mol. The normalized spacial score (nSPS) is 18.3. The van der Waals surface area contributed by atoms with Gasteiger partial charge in [0.1, 0.15) is 6.61 Å². The van der Waals surface area contributed by atoms with Crippen LogP contribution in [0, 0.1) is 0 Å². The average molecular weight is 604 g/mol. The van der Waals surface area contributed by atoms with Crippen molar-refractivity contribution in [3.05, 3.63) is 108 Å². The van der Waals surface area contributed by atoms with E-state index < -0.39 is 21.7 Å². The summed E-state index contributed by atoms with van der Waals surface area (Å²) in [6.07, 6.45) is 0.360. The Kier molecular flexibility index (Phi) is 8.21. The number of hydrogen-bond acceptors (Lipinski definition) is 7. The number of carbonyl (C=O) groups is 1. The molecule has 204 valence electrons. The van der Waals surface area contributed by atoms with Crippen molar-refractivity contribution < 1.29 is 17.9 Å². The van der Waals surface area contributed by atoms with Crippen LogP contribution in [0.15, 0.2) is 76.2 Å². The number of esters is 1. The minimum absolute atomic E-state index is 0.0892. The third-order valence-corrected chi connectivity index (χ3v) is 10.5. The number of nitrogens with zero attached hydrogens (tertiary/aromatic N) is 1. The van der Waals surface area contributed by atoms with Gasteiger partial charge in [-0.05, 0) is 49.0 Å². The van der Waals surface area contributed by atoms with Crippen molar-refractivity contribution in [1.29, 1.82) is 0 Å². The second-order valence-electron chi connectivity index (χ2n) is 9.66. The monoisotopic (exact) mass is 602 g/mol. The molecule has 2 aliphatic rings. The summed E-state index contributed by atoms with van der Waals surface area (Å²) in [5.41, 5.74) is 3.34. The van der Waals surface area contributed by atoms with Crippen LogP contribution < -0.4 is 5.32 Å². The van der Waals surface area contributed by atoms with E-state index in [1.54, 1.807) is 36.5 Å². The highest BCUT2D eigenvalue weighted by Crippen LogP contribution is 2.48. The number of nitrogens with one attached hydrogen (secondary N) is 1. The SMILES string of the molecule is CC1=C(C(=O)OCCN(C)Cc2cccs2)C(c2cccc(Cl)c2Cl)C2=C(N1)c1ccccc1CCS2(=O)=O. The zero-order valence-corrected chi connectivity index (χ0v) is 24.7. The molecule has 39 heavy (non-hydrogen) atoms.